The van der Waals surface area contributed by atoms with Gasteiger partial charge in [-0.2, -0.15) is 13.5 Å². The SMILES string of the molecule is CCN(C)c1cc(C(=O)NC[C@H](O)CN2CCc3cc(OCc4cnco4)ccc3C2)cc(NC2CCC2)n1.S. The van der Waals surface area contributed by atoms with Crippen LogP contribution in [0.2, 0.25) is 0 Å². The fraction of sp³-hybridized carbons (Fsp3) is 0.483. The summed E-state index contributed by atoms with van der Waals surface area (Å²) < 4.78 is 11.0. The zero-order valence-electron chi connectivity index (χ0n) is 23.2. The van der Waals surface area contributed by atoms with Crippen molar-refractivity contribution in [3.63, 3.8) is 0 Å². The van der Waals surface area contributed by atoms with Crippen LogP contribution < -0.4 is 20.3 Å². The average Bonchev–Trinajstić information content (AvgIpc) is 3.45. The number of carbonyl (C=O) groups excluding carboxylic acids is 1. The van der Waals surface area contributed by atoms with E-state index in [9.17, 15) is 9.90 Å². The lowest BCUT2D eigenvalue weighted by Crippen LogP contribution is -2.42. The highest BCUT2D eigenvalue weighted by Crippen LogP contribution is 2.26. The van der Waals surface area contributed by atoms with Crippen molar-refractivity contribution in [1.29, 1.82) is 0 Å². The van der Waals surface area contributed by atoms with Crippen LogP contribution in [0.4, 0.5) is 11.6 Å². The number of anilines is 2. The van der Waals surface area contributed by atoms with E-state index in [-0.39, 0.29) is 25.9 Å². The Morgan fingerprint density at radius 1 is 1.27 bits per heavy atom. The Morgan fingerprint density at radius 2 is 2.12 bits per heavy atom. The van der Waals surface area contributed by atoms with Crippen LogP contribution >= 0.6 is 13.5 Å². The number of pyridine rings is 1. The molecule has 1 aromatic carbocycles. The summed E-state index contributed by atoms with van der Waals surface area (Å²) in [5, 5.41) is 17.1. The molecule has 40 heavy (non-hydrogen) atoms. The maximum atomic E-state index is 13.0. The molecule has 2 aromatic heterocycles. The predicted octanol–water partition coefficient (Wildman–Crippen LogP) is 3.33. The lowest BCUT2D eigenvalue weighted by Gasteiger charge is -2.30. The van der Waals surface area contributed by atoms with Crippen molar-refractivity contribution in [3.8, 4) is 5.75 Å². The molecule has 0 bridgehead atoms. The monoisotopic (exact) mass is 568 g/mol. The van der Waals surface area contributed by atoms with Gasteiger partial charge in [0, 0.05) is 51.4 Å². The van der Waals surface area contributed by atoms with E-state index >= 15 is 0 Å². The summed E-state index contributed by atoms with van der Waals surface area (Å²) >= 11 is 0. The van der Waals surface area contributed by atoms with Gasteiger partial charge in [-0.1, -0.05) is 6.07 Å². The number of hydrogen-bond donors (Lipinski definition) is 3. The molecule has 1 fully saturated rings. The van der Waals surface area contributed by atoms with Crippen molar-refractivity contribution in [2.45, 2.75) is 57.9 Å². The normalized spacial score (nSPS) is 15.8. The molecule has 2 aliphatic rings. The van der Waals surface area contributed by atoms with Gasteiger partial charge in [-0.15, -0.1) is 0 Å². The van der Waals surface area contributed by atoms with Crippen LogP contribution in [0.1, 0.15) is 53.4 Å². The van der Waals surface area contributed by atoms with E-state index in [1.54, 1.807) is 12.3 Å². The number of rotatable bonds is 12. The van der Waals surface area contributed by atoms with E-state index in [4.69, 9.17) is 14.1 Å². The van der Waals surface area contributed by atoms with Crippen LogP contribution in [0, 0.1) is 0 Å². The Balaban J connectivity index is 0.00000370. The van der Waals surface area contributed by atoms with Gasteiger partial charge in [-0.05, 0) is 68.0 Å². The number of ether oxygens (including phenoxy) is 1. The summed E-state index contributed by atoms with van der Waals surface area (Å²) in [6.07, 6.45) is 6.72. The Kier molecular flexibility index (Phi) is 10.3. The van der Waals surface area contributed by atoms with Crippen LogP contribution in [0.25, 0.3) is 0 Å². The van der Waals surface area contributed by atoms with Gasteiger partial charge in [0.05, 0.1) is 12.3 Å². The minimum absolute atomic E-state index is 0. The molecule has 1 atom stereocenters. The van der Waals surface area contributed by atoms with Crippen molar-refractivity contribution < 1.29 is 19.1 Å². The molecule has 1 aliphatic heterocycles. The number of nitrogens with zero attached hydrogens (tertiary/aromatic N) is 4. The van der Waals surface area contributed by atoms with Gasteiger partial charge in [0.25, 0.3) is 5.91 Å². The minimum atomic E-state index is -0.674. The number of β-amino-alcohol motifs (C(OH)–C–C–N with tert-alkyl or cyclic N) is 1. The van der Waals surface area contributed by atoms with E-state index in [1.165, 1.54) is 23.9 Å². The number of aliphatic hydroxyl groups excluding tert-OH is 1. The second kappa shape index (κ2) is 13.9. The molecule has 3 aromatic rings. The maximum absolute atomic E-state index is 13.0. The topological polar surface area (TPSA) is 116 Å². The first-order valence-corrected chi connectivity index (χ1v) is 13.8. The van der Waals surface area contributed by atoms with Crippen molar-refractivity contribution in [1.82, 2.24) is 20.2 Å². The minimum Gasteiger partial charge on any atom is -0.486 e. The molecule has 3 N–H and O–H groups in total. The van der Waals surface area contributed by atoms with Gasteiger partial charge in [-0.25, -0.2) is 9.97 Å². The Hall–Kier alpha value is -3.28. The number of amides is 1. The molecule has 0 unspecified atom stereocenters. The first kappa shape index (κ1) is 29.7. The smallest absolute Gasteiger partial charge is 0.251 e. The standard InChI is InChI=1S/C29H38N6O4.H2S/c1-3-34(2)28-13-22(12-27(33-28)32-23-5-4-6-23)29(37)31-14-24(36)17-35-10-9-20-11-25(8-7-21(20)16-35)38-18-26-15-30-19-39-26;/h7-8,11-13,15,19,23-24,36H,3-6,9-10,14,16-18H2,1-2H3,(H,31,37)(H,32,33);1H2/t24-;/m0./s1. The number of fused-ring (bicyclic) bond motifs is 1. The van der Waals surface area contributed by atoms with Gasteiger partial charge in [0.15, 0.2) is 12.2 Å². The van der Waals surface area contributed by atoms with Crippen LogP contribution in [0.5, 0.6) is 5.75 Å². The van der Waals surface area contributed by atoms with Crippen molar-refractivity contribution >= 4 is 31.0 Å². The molecule has 0 spiro atoms. The van der Waals surface area contributed by atoms with Crippen molar-refractivity contribution in [3.05, 3.63) is 65.4 Å². The largest absolute Gasteiger partial charge is 0.486 e. The quantitative estimate of drug-likeness (QED) is 0.303. The third kappa shape index (κ3) is 7.67. The van der Waals surface area contributed by atoms with Crippen molar-refractivity contribution in [2.75, 3.05) is 43.4 Å². The first-order chi connectivity index (χ1) is 19.0. The third-order valence-corrected chi connectivity index (χ3v) is 7.50. The maximum Gasteiger partial charge on any atom is 0.251 e. The molecule has 1 saturated carbocycles. The fourth-order valence-corrected chi connectivity index (χ4v) is 4.82. The highest BCUT2D eigenvalue weighted by molar-refractivity contribution is 7.59. The van der Waals surface area contributed by atoms with Crippen LogP contribution in [0.15, 0.2) is 47.3 Å². The summed E-state index contributed by atoms with van der Waals surface area (Å²) in [5.41, 5.74) is 3.02. The molecule has 0 saturated heterocycles. The predicted molar refractivity (Wildman–Crippen MR) is 159 cm³/mol. The molecule has 3 heterocycles. The van der Waals surface area contributed by atoms with Crippen molar-refractivity contribution in [2.24, 2.45) is 0 Å². The number of benzene rings is 1. The number of aliphatic hydroxyl groups is 1. The van der Waals surface area contributed by atoms with Gasteiger partial charge in [-0.3, -0.25) is 9.69 Å². The first-order valence-electron chi connectivity index (χ1n) is 13.8. The number of oxazole rings is 1. The second-order valence-electron chi connectivity index (χ2n) is 10.4. The zero-order chi connectivity index (χ0) is 27.2. The third-order valence-electron chi connectivity index (χ3n) is 7.50. The van der Waals surface area contributed by atoms with E-state index in [0.29, 0.717) is 30.5 Å². The number of hydrogen-bond acceptors (Lipinski definition) is 9. The van der Waals surface area contributed by atoms with Gasteiger partial charge < -0.3 is 29.8 Å². The van der Waals surface area contributed by atoms with E-state index in [2.05, 4.69) is 39.6 Å². The van der Waals surface area contributed by atoms with E-state index < -0.39 is 6.10 Å². The molecule has 216 valence electrons. The lowest BCUT2D eigenvalue weighted by atomic mass is 9.93. The molecular formula is C29H40N6O4S. The van der Waals surface area contributed by atoms with Crippen LogP contribution in [-0.2, 0) is 19.6 Å². The number of nitrogens with one attached hydrogen (secondary N) is 2. The fourth-order valence-electron chi connectivity index (χ4n) is 4.82. The Morgan fingerprint density at radius 3 is 2.85 bits per heavy atom. The van der Waals surface area contributed by atoms with Crippen LogP contribution in [-0.4, -0.2) is 71.3 Å². The molecule has 5 rings (SSSR count). The molecule has 0 radical (unpaired) electrons. The molecular weight excluding hydrogens is 528 g/mol. The summed E-state index contributed by atoms with van der Waals surface area (Å²) in [7, 11) is 1.96. The number of aromatic nitrogens is 2. The van der Waals surface area contributed by atoms with Gasteiger partial charge >= 0.3 is 0 Å². The van der Waals surface area contributed by atoms with E-state index in [0.717, 1.165) is 56.3 Å². The molecule has 11 heteroatoms. The summed E-state index contributed by atoms with van der Waals surface area (Å²) in [5.74, 6) is 2.76. The zero-order valence-corrected chi connectivity index (χ0v) is 24.2. The summed E-state index contributed by atoms with van der Waals surface area (Å²) in [4.78, 5) is 25.8. The number of carbonyl (C=O) groups is 1. The Bertz CT molecular complexity index is 1250. The highest BCUT2D eigenvalue weighted by atomic mass is 32.1. The van der Waals surface area contributed by atoms with Gasteiger partial charge in [0.2, 0.25) is 0 Å². The summed E-state index contributed by atoms with van der Waals surface area (Å²) in [6, 6.07) is 10.1. The lowest BCUT2D eigenvalue weighted by molar-refractivity contribution is 0.0841. The second-order valence-corrected chi connectivity index (χ2v) is 10.4. The van der Waals surface area contributed by atoms with Gasteiger partial charge in [0.1, 0.15) is 24.0 Å². The Labute approximate surface area is 242 Å². The van der Waals surface area contributed by atoms with E-state index in [1.807, 2.05) is 24.1 Å². The molecule has 1 amide bonds. The summed E-state index contributed by atoms with van der Waals surface area (Å²) in [6.45, 7) is 5.43. The highest BCUT2D eigenvalue weighted by Gasteiger charge is 2.22. The molecule has 10 nitrogen and oxygen atoms in total. The average molecular weight is 569 g/mol. The van der Waals surface area contributed by atoms with Crippen LogP contribution in [0.3, 0.4) is 0 Å². The molecule has 1 aliphatic carbocycles.